The van der Waals surface area contributed by atoms with Crippen LogP contribution in [0.1, 0.15) is 48.3 Å². The molecule has 5 heteroatoms. The van der Waals surface area contributed by atoms with E-state index in [1.54, 1.807) is 13.3 Å². The highest BCUT2D eigenvalue weighted by molar-refractivity contribution is 5.99. The molecule has 2 heterocycles. The second kappa shape index (κ2) is 8.25. The summed E-state index contributed by atoms with van der Waals surface area (Å²) < 4.78 is 7.26. The lowest BCUT2D eigenvalue weighted by atomic mass is 10.0. The van der Waals surface area contributed by atoms with Crippen molar-refractivity contribution in [3.05, 3.63) is 60.0 Å². The molecule has 0 N–H and O–H groups in total. The first-order chi connectivity index (χ1) is 13.1. The van der Waals surface area contributed by atoms with Crippen molar-refractivity contribution in [2.24, 2.45) is 7.05 Å². The SMILES string of the molecule is CCCC[C@@H](c1cccnc1)N(C)C(=O)c1cc2cc(OC)ccc2n1C. The monoisotopic (exact) mass is 365 g/mol. The van der Waals surface area contributed by atoms with Crippen LogP contribution in [0.3, 0.4) is 0 Å². The summed E-state index contributed by atoms with van der Waals surface area (Å²) in [6.07, 6.45) is 6.69. The number of aryl methyl sites for hydroxylation is 1. The van der Waals surface area contributed by atoms with Crippen LogP contribution in [0.15, 0.2) is 48.8 Å². The lowest BCUT2D eigenvalue weighted by molar-refractivity contribution is 0.0711. The molecule has 2 aromatic heterocycles. The molecule has 0 saturated heterocycles. The number of hydrogen-bond donors (Lipinski definition) is 0. The van der Waals surface area contributed by atoms with Gasteiger partial charge in [0.1, 0.15) is 11.4 Å². The standard InChI is InChI=1S/C22H27N3O2/c1-5-6-9-19(16-8-7-12-23-15-16)25(3)22(26)21-14-17-13-18(27-4)10-11-20(17)24(21)2/h7-8,10-15,19H,5-6,9H2,1-4H3/t19-/m0/s1. The van der Waals surface area contributed by atoms with Gasteiger partial charge in [-0.05, 0) is 42.3 Å². The highest BCUT2D eigenvalue weighted by Gasteiger charge is 2.25. The van der Waals surface area contributed by atoms with Crippen LogP contribution in [0.4, 0.5) is 0 Å². The van der Waals surface area contributed by atoms with E-state index >= 15 is 0 Å². The number of methoxy groups -OCH3 is 1. The molecule has 27 heavy (non-hydrogen) atoms. The van der Waals surface area contributed by atoms with Gasteiger partial charge < -0.3 is 14.2 Å². The van der Waals surface area contributed by atoms with E-state index in [0.29, 0.717) is 5.69 Å². The van der Waals surface area contributed by atoms with Crippen LogP contribution in [0.2, 0.25) is 0 Å². The van der Waals surface area contributed by atoms with Crippen molar-refractivity contribution in [3.63, 3.8) is 0 Å². The first-order valence-electron chi connectivity index (χ1n) is 9.37. The van der Waals surface area contributed by atoms with E-state index in [2.05, 4.69) is 11.9 Å². The third kappa shape index (κ3) is 3.82. The summed E-state index contributed by atoms with van der Waals surface area (Å²) in [6, 6.07) is 11.8. The van der Waals surface area contributed by atoms with Gasteiger partial charge in [-0.1, -0.05) is 25.8 Å². The molecular formula is C22H27N3O2. The molecule has 0 aliphatic heterocycles. The van der Waals surface area contributed by atoms with Gasteiger partial charge in [-0.25, -0.2) is 0 Å². The molecule has 0 saturated carbocycles. The number of carbonyl (C=O) groups excluding carboxylic acids is 1. The summed E-state index contributed by atoms with van der Waals surface area (Å²) in [7, 11) is 5.46. The molecule has 3 rings (SSSR count). The number of aromatic nitrogens is 2. The number of ether oxygens (including phenoxy) is 1. The third-order valence-electron chi connectivity index (χ3n) is 5.16. The molecule has 5 nitrogen and oxygen atoms in total. The Bertz CT molecular complexity index is 918. The van der Waals surface area contributed by atoms with Gasteiger partial charge in [0, 0.05) is 37.4 Å². The number of amides is 1. The van der Waals surface area contributed by atoms with Crippen molar-refractivity contribution in [1.82, 2.24) is 14.5 Å². The number of benzene rings is 1. The lowest BCUT2D eigenvalue weighted by Gasteiger charge is -2.28. The molecule has 0 aliphatic carbocycles. The van der Waals surface area contributed by atoms with Crippen molar-refractivity contribution in [1.29, 1.82) is 0 Å². The number of nitrogens with zero attached hydrogens (tertiary/aromatic N) is 3. The summed E-state index contributed by atoms with van der Waals surface area (Å²) in [5.41, 5.74) is 2.76. The molecule has 1 aromatic carbocycles. The summed E-state index contributed by atoms with van der Waals surface area (Å²) in [4.78, 5) is 19.4. The van der Waals surface area contributed by atoms with Gasteiger partial charge in [0.2, 0.25) is 0 Å². The molecule has 0 unspecified atom stereocenters. The number of fused-ring (bicyclic) bond motifs is 1. The van der Waals surface area contributed by atoms with Crippen LogP contribution in [0.5, 0.6) is 5.75 Å². The van der Waals surface area contributed by atoms with Crippen LogP contribution >= 0.6 is 0 Å². The van der Waals surface area contributed by atoms with Crippen molar-refractivity contribution < 1.29 is 9.53 Å². The molecule has 0 spiro atoms. The van der Waals surface area contributed by atoms with Gasteiger partial charge in [-0.3, -0.25) is 9.78 Å². The van der Waals surface area contributed by atoms with Crippen molar-refractivity contribution >= 4 is 16.8 Å². The normalized spacial score (nSPS) is 12.1. The molecule has 0 fully saturated rings. The molecule has 3 aromatic rings. The number of unbranched alkanes of at least 4 members (excludes halogenated alkanes) is 1. The zero-order valence-corrected chi connectivity index (χ0v) is 16.5. The van der Waals surface area contributed by atoms with Crippen LogP contribution < -0.4 is 4.74 Å². The summed E-state index contributed by atoms with van der Waals surface area (Å²) in [6.45, 7) is 2.17. The Labute approximate surface area is 160 Å². The van der Waals surface area contributed by atoms with Crippen LogP contribution in [-0.2, 0) is 7.05 Å². The van der Waals surface area contributed by atoms with Gasteiger partial charge in [-0.2, -0.15) is 0 Å². The fourth-order valence-electron chi connectivity index (χ4n) is 3.54. The Balaban J connectivity index is 1.95. The predicted octanol–water partition coefficient (Wildman–Crippen LogP) is 4.59. The molecule has 142 valence electrons. The minimum atomic E-state index is 0.0117. The summed E-state index contributed by atoms with van der Waals surface area (Å²) in [5, 5.41) is 1.00. The number of pyridine rings is 1. The average Bonchev–Trinajstić information content (AvgIpc) is 3.04. The summed E-state index contributed by atoms with van der Waals surface area (Å²) >= 11 is 0. The molecule has 0 bridgehead atoms. The Kier molecular flexibility index (Phi) is 5.79. The number of hydrogen-bond acceptors (Lipinski definition) is 3. The maximum atomic E-state index is 13.3. The highest BCUT2D eigenvalue weighted by atomic mass is 16.5. The van der Waals surface area contributed by atoms with Crippen LogP contribution in [-0.4, -0.2) is 34.5 Å². The quantitative estimate of drug-likeness (QED) is 0.615. The van der Waals surface area contributed by atoms with Gasteiger partial charge in [0.05, 0.1) is 13.2 Å². The predicted molar refractivity (Wildman–Crippen MR) is 108 cm³/mol. The Hall–Kier alpha value is -2.82. The van der Waals surface area contributed by atoms with E-state index in [4.69, 9.17) is 4.74 Å². The van der Waals surface area contributed by atoms with Crippen LogP contribution in [0, 0.1) is 0 Å². The van der Waals surface area contributed by atoms with Crippen molar-refractivity contribution in [2.75, 3.05) is 14.2 Å². The van der Waals surface area contributed by atoms with Crippen molar-refractivity contribution in [2.45, 2.75) is 32.2 Å². The smallest absolute Gasteiger partial charge is 0.270 e. The van der Waals surface area contributed by atoms with Crippen molar-refractivity contribution in [3.8, 4) is 5.75 Å². The topological polar surface area (TPSA) is 47.4 Å². The van der Waals surface area contributed by atoms with Gasteiger partial charge >= 0.3 is 0 Å². The second-order valence-electron chi connectivity index (χ2n) is 6.87. The molecular weight excluding hydrogens is 338 g/mol. The average molecular weight is 365 g/mol. The first-order valence-corrected chi connectivity index (χ1v) is 9.37. The maximum absolute atomic E-state index is 13.3. The Morgan fingerprint density at radius 2 is 2.11 bits per heavy atom. The molecule has 0 radical (unpaired) electrons. The van der Waals surface area contributed by atoms with E-state index in [9.17, 15) is 4.79 Å². The molecule has 0 aliphatic rings. The second-order valence-corrected chi connectivity index (χ2v) is 6.87. The Morgan fingerprint density at radius 1 is 1.30 bits per heavy atom. The van der Waals surface area contributed by atoms with E-state index in [1.165, 1.54) is 0 Å². The van der Waals surface area contributed by atoms with E-state index < -0.39 is 0 Å². The Morgan fingerprint density at radius 3 is 2.78 bits per heavy atom. The first kappa shape index (κ1) is 19.0. The van der Waals surface area contributed by atoms with E-state index in [-0.39, 0.29) is 11.9 Å². The van der Waals surface area contributed by atoms with Gasteiger partial charge in [0.25, 0.3) is 5.91 Å². The van der Waals surface area contributed by atoms with E-state index in [0.717, 1.165) is 41.5 Å². The minimum absolute atomic E-state index is 0.0117. The number of carbonyl (C=O) groups is 1. The van der Waals surface area contributed by atoms with Crippen LogP contribution in [0.25, 0.3) is 10.9 Å². The fourth-order valence-corrected chi connectivity index (χ4v) is 3.54. The zero-order chi connectivity index (χ0) is 19.4. The summed E-state index contributed by atoms with van der Waals surface area (Å²) in [5.74, 6) is 0.800. The largest absolute Gasteiger partial charge is 0.497 e. The maximum Gasteiger partial charge on any atom is 0.270 e. The van der Waals surface area contributed by atoms with Gasteiger partial charge in [0.15, 0.2) is 0 Å². The lowest BCUT2D eigenvalue weighted by Crippen LogP contribution is -2.32. The third-order valence-corrected chi connectivity index (χ3v) is 5.16. The molecule has 1 atom stereocenters. The zero-order valence-electron chi connectivity index (χ0n) is 16.5. The minimum Gasteiger partial charge on any atom is -0.497 e. The van der Waals surface area contributed by atoms with E-state index in [1.807, 2.05) is 66.2 Å². The highest BCUT2D eigenvalue weighted by Crippen LogP contribution is 2.29. The fraction of sp³-hybridized carbons (Fsp3) is 0.364. The molecule has 1 amide bonds. The van der Waals surface area contributed by atoms with Gasteiger partial charge in [-0.15, -0.1) is 0 Å². The number of rotatable bonds is 7.